The molecule has 0 unspecified atom stereocenters. The summed E-state index contributed by atoms with van der Waals surface area (Å²) in [6.45, 7) is 2.00. The Morgan fingerprint density at radius 3 is 2.20 bits per heavy atom. The summed E-state index contributed by atoms with van der Waals surface area (Å²) in [4.78, 5) is 0. The average Bonchev–Trinajstić information content (AvgIpc) is 1.31. The van der Waals surface area contributed by atoms with Gasteiger partial charge in [0.1, 0.15) is 0 Å². The fraction of sp³-hybridized carbons (Fsp3) is 1.00. The molecule has 0 fully saturated rings. The molecule has 0 aliphatic rings. The van der Waals surface area contributed by atoms with Crippen LogP contribution >= 0.6 is 0 Å². The Balaban J connectivity index is 3.54. The number of hydrogen-bond acceptors (Lipinski definition) is 1. The van der Waals surface area contributed by atoms with E-state index in [1.807, 2.05) is 0 Å². The lowest BCUT2D eigenvalue weighted by Gasteiger charge is -1.91. The lowest BCUT2D eigenvalue weighted by atomic mass is 10.2. The molecule has 0 atom stereocenters. The van der Waals surface area contributed by atoms with Crippen molar-refractivity contribution in [3.05, 3.63) is 0 Å². The predicted molar refractivity (Wildman–Crippen MR) is 23.9 cm³/mol. The normalized spacial score (nSPS) is 18.4. The zero-order valence-corrected chi connectivity index (χ0v) is 3.65. The summed E-state index contributed by atoms with van der Waals surface area (Å²) in [5.41, 5.74) is 5.01. The molecule has 0 aliphatic carbocycles. The molecule has 0 heterocycles. The van der Waals surface area contributed by atoms with Crippen LogP contribution < -0.4 is 5.73 Å². The molecular weight excluding hydrogens is 62.1 g/mol. The first-order valence-corrected chi connectivity index (χ1v) is 1.73. The second-order valence-electron chi connectivity index (χ2n) is 1.32. The Labute approximate surface area is 36.0 Å². The lowest BCUT2D eigenvalue weighted by Crippen LogP contribution is -2.05. The number of hydrogen-bond donors (Lipinski definition) is 1. The summed E-state index contributed by atoms with van der Waals surface area (Å²) >= 11 is 0. The van der Waals surface area contributed by atoms with Crippen molar-refractivity contribution in [2.45, 2.75) is 13.8 Å². The van der Waals surface area contributed by atoms with E-state index in [-0.39, 0.29) is 5.92 Å². The van der Waals surface area contributed by atoms with Crippen molar-refractivity contribution < 1.29 is 2.74 Å². The van der Waals surface area contributed by atoms with E-state index >= 15 is 0 Å². The maximum absolute atomic E-state index is 6.83. The number of rotatable bonds is 1. The minimum Gasteiger partial charge on any atom is -0.330 e. The van der Waals surface area contributed by atoms with Crippen LogP contribution in [-0.4, -0.2) is 6.50 Å². The molecule has 0 aromatic rings. The maximum Gasteiger partial charge on any atom is 0.0428 e. The highest BCUT2D eigenvalue weighted by atomic mass is 14.5. The molecule has 0 aliphatic heterocycles. The highest BCUT2D eigenvalue weighted by molar-refractivity contribution is 4.38. The van der Waals surface area contributed by atoms with Gasteiger partial charge in [-0.1, -0.05) is 13.8 Å². The molecule has 1 nitrogen and oxygen atoms in total. The van der Waals surface area contributed by atoms with Crippen LogP contribution in [0.2, 0.25) is 0 Å². The average molecular weight is 75.2 g/mol. The Bertz CT molecular complexity index is 55.2. The maximum atomic E-state index is 6.83. The van der Waals surface area contributed by atoms with Crippen molar-refractivity contribution in [1.82, 2.24) is 0 Å². The van der Waals surface area contributed by atoms with E-state index in [0.29, 0.717) is 0 Å². The number of nitrogens with two attached hydrogens (primary N) is 1. The minimum atomic E-state index is -1.50. The van der Waals surface area contributed by atoms with Gasteiger partial charge >= 0.3 is 0 Å². The van der Waals surface area contributed by atoms with Gasteiger partial charge in [-0.15, -0.1) is 0 Å². The first kappa shape index (κ1) is 2.19. The van der Waals surface area contributed by atoms with Crippen LogP contribution in [0.4, 0.5) is 0 Å². The topological polar surface area (TPSA) is 26.0 Å². The van der Waals surface area contributed by atoms with Crippen LogP contribution in [0.5, 0.6) is 0 Å². The second-order valence-corrected chi connectivity index (χ2v) is 1.32. The Kier molecular flexibility index (Phi) is 0.969. The molecule has 0 spiro atoms. The van der Waals surface area contributed by atoms with E-state index in [4.69, 9.17) is 8.48 Å². The minimum absolute atomic E-state index is 0.0903. The first-order valence-electron chi connectivity index (χ1n) is 2.73. The SMILES string of the molecule is [2H]C([2H])(N)C(C)C. The smallest absolute Gasteiger partial charge is 0.0428 e. The van der Waals surface area contributed by atoms with Crippen molar-refractivity contribution in [2.24, 2.45) is 11.7 Å². The third-order valence-electron chi connectivity index (χ3n) is 0.333. The van der Waals surface area contributed by atoms with Crippen molar-refractivity contribution >= 4 is 0 Å². The van der Waals surface area contributed by atoms with Gasteiger partial charge < -0.3 is 5.73 Å². The van der Waals surface area contributed by atoms with E-state index < -0.39 is 6.50 Å². The van der Waals surface area contributed by atoms with E-state index in [2.05, 4.69) is 0 Å². The first-order chi connectivity index (χ1) is 2.94. The molecule has 5 heavy (non-hydrogen) atoms. The Hall–Kier alpha value is -0.0400. The molecule has 32 valence electrons. The molecule has 0 aromatic carbocycles. The standard InChI is InChI=1S/C4H11N/c1-4(2)3-5/h4H,3,5H2,1-2H3/i3D2. The summed E-state index contributed by atoms with van der Waals surface area (Å²) in [6, 6.07) is 0. The van der Waals surface area contributed by atoms with Crippen LogP contribution in [0.15, 0.2) is 0 Å². The largest absolute Gasteiger partial charge is 0.330 e. The molecule has 0 saturated heterocycles. The van der Waals surface area contributed by atoms with Crippen LogP contribution in [0.3, 0.4) is 0 Å². The second kappa shape index (κ2) is 2.21. The zero-order chi connectivity index (χ0) is 6.08. The van der Waals surface area contributed by atoms with Crippen molar-refractivity contribution in [3.63, 3.8) is 0 Å². The molecule has 0 bridgehead atoms. The van der Waals surface area contributed by atoms with Gasteiger partial charge in [0, 0.05) is 2.74 Å². The summed E-state index contributed by atoms with van der Waals surface area (Å²) < 4.78 is 13.7. The summed E-state index contributed by atoms with van der Waals surface area (Å²) in [7, 11) is 0. The fourth-order valence-corrected chi connectivity index (χ4v) is 0. The van der Waals surface area contributed by atoms with Gasteiger partial charge in [-0.05, 0) is 12.4 Å². The van der Waals surface area contributed by atoms with Crippen LogP contribution in [0.1, 0.15) is 16.6 Å². The summed E-state index contributed by atoms with van der Waals surface area (Å²) in [6.07, 6.45) is 0. The molecule has 2 N–H and O–H groups in total. The van der Waals surface area contributed by atoms with Crippen molar-refractivity contribution in [1.29, 1.82) is 0 Å². The summed E-state index contributed by atoms with van der Waals surface area (Å²) in [5, 5.41) is 0. The van der Waals surface area contributed by atoms with Gasteiger partial charge in [0.25, 0.3) is 0 Å². The van der Waals surface area contributed by atoms with Crippen molar-refractivity contribution in [3.8, 4) is 0 Å². The Morgan fingerprint density at radius 2 is 2.20 bits per heavy atom. The van der Waals surface area contributed by atoms with Crippen LogP contribution in [0, 0.1) is 5.92 Å². The van der Waals surface area contributed by atoms with Crippen molar-refractivity contribution in [2.75, 3.05) is 6.50 Å². The fourth-order valence-electron chi connectivity index (χ4n) is 0. The zero-order valence-electron chi connectivity index (χ0n) is 5.65. The molecule has 0 aromatic heterocycles. The highest BCUT2D eigenvalue weighted by Gasteiger charge is 1.80. The van der Waals surface area contributed by atoms with Gasteiger partial charge in [0.15, 0.2) is 0 Å². The van der Waals surface area contributed by atoms with Gasteiger partial charge in [0.05, 0.1) is 0 Å². The lowest BCUT2D eigenvalue weighted by molar-refractivity contribution is 0.664. The van der Waals surface area contributed by atoms with Crippen LogP contribution in [0.25, 0.3) is 0 Å². The van der Waals surface area contributed by atoms with Gasteiger partial charge in [-0.2, -0.15) is 0 Å². The van der Waals surface area contributed by atoms with Crippen LogP contribution in [-0.2, 0) is 0 Å². The molecule has 1 heteroatoms. The van der Waals surface area contributed by atoms with E-state index in [9.17, 15) is 0 Å². The van der Waals surface area contributed by atoms with Gasteiger partial charge in [0.2, 0.25) is 0 Å². The molecule has 0 amide bonds. The van der Waals surface area contributed by atoms with E-state index in [0.717, 1.165) is 0 Å². The molecule has 0 rings (SSSR count). The predicted octanol–water partition coefficient (Wildman–Crippen LogP) is 0.601. The van der Waals surface area contributed by atoms with E-state index in [1.54, 1.807) is 13.8 Å². The van der Waals surface area contributed by atoms with E-state index in [1.165, 1.54) is 0 Å². The molecule has 0 radical (unpaired) electrons. The monoisotopic (exact) mass is 75.1 g/mol. The quantitative estimate of drug-likeness (QED) is 0.485. The molecule has 0 saturated carbocycles. The third-order valence-corrected chi connectivity index (χ3v) is 0.333. The van der Waals surface area contributed by atoms with Gasteiger partial charge in [-0.3, -0.25) is 0 Å². The molecular formula is C4H11N. The third kappa shape index (κ3) is 3.96. The van der Waals surface area contributed by atoms with Gasteiger partial charge in [-0.25, -0.2) is 0 Å². The Morgan fingerprint density at radius 1 is 2.00 bits per heavy atom. The summed E-state index contributed by atoms with van der Waals surface area (Å²) in [5.74, 6) is -0.0903. The highest BCUT2D eigenvalue weighted by Crippen LogP contribution is 1.81.